The lowest BCUT2D eigenvalue weighted by atomic mass is 10.0. The molecular weight excluding hydrogens is 541 g/mol. The van der Waals surface area contributed by atoms with Crippen LogP contribution in [0.1, 0.15) is 72.9 Å². The van der Waals surface area contributed by atoms with E-state index in [1.807, 2.05) is 25.7 Å². The Labute approximate surface area is 243 Å². The first-order valence-electron chi connectivity index (χ1n) is 14.1. The second kappa shape index (κ2) is 12.2. The number of aromatic nitrogens is 4. The smallest absolute Gasteiger partial charge is 0.410 e. The zero-order valence-electron chi connectivity index (χ0n) is 23.9. The van der Waals surface area contributed by atoms with Gasteiger partial charge in [-0.1, -0.05) is 6.07 Å². The molecule has 3 amide bonds. The van der Waals surface area contributed by atoms with Crippen LogP contribution in [0.3, 0.4) is 0 Å². The minimum Gasteiger partial charge on any atom is -0.444 e. The first-order valence-corrected chi connectivity index (χ1v) is 14.1. The van der Waals surface area contributed by atoms with E-state index in [1.165, 1.54) is 30.7 Å². The molecule has 0 atom stereocenters. The van der Waals surface area contributed by atoms with Crippen LogP contribution in [0, 0.1) is 5.82 Å². The highest BCUT2D eigenvalue weighted by Crippen LogP contribution is 2.33. The Morgan fingerprint density at radius 3 is 2.33 bits per heavy atom. The van der Waals surface area contributed by atoms with Gasteiger partial charge in [-0.2, -0.15) is 10.2 Å². The summed E-state index contributed by atoms with van der Waals surface area (Å²) in [4.78, 5) is 50.7. The Hall–Kier alpha value is -4.48. The lowest BCUT2D eigenvalue weighted by molar-refractivity contribution is 0.0142. The molecule has 2 aromatic heterocycles. The number of nitrogens with zero attached hydrogens (tertiary/aromatic N) is 6. The van der Waals surface area contributed by atoms with Gasteiger partial charge >= 0.3 is 6.09 Å². The summed E-state index contributed by atoms with van der Waals surface area (Å²) < 4.78 is 20.3. The van der Waals surface area contributed by atoms with Crippen molar-refractivity contribution in [1.29, 1.82) is 0 Å². The van der Waals surface area contributed by atoms with E-state index in [4.69, 9.17) is 4.74 Å². The average Bonchev–Trinajstić information content (AvgIpc) is 3.81. The Morgan fingerprint density at radius 2 is 1.74 bits per heavy atom. The van der Waals surface area contributed by atoms with Crippen LogP contribution in [0.2, 0.25) is 0 Å². The maximum atomic E-state index is 14.8. The van der Waals surface area contributed by atoms with E-state index in [9.17, 15) is 18.8 Å². The van der Waals surface area contributed by atoms with E-state index in [1.54, 1.807) is 23.1 Å². The van der Waals surface area contributed by atoms with Crippen molar-refractivity contribution in [3.8, 4) is 11.4 Å². The van der Waals surface area contributed by atoms with Crippen molar-refractivity contribution in [2.24, 2.45) is 0 Å². The first-order chi connectivity index (χ1) is 20.1. The van der Waals surface area contributed by atoms with Crippen LogP contribution in [-0.2, 0) is 11.3 Å². The third kappa shape index (κ3) is 7.04. The van der Waals surface area contributed by atoms with Gasteiger partial charge < -0.3 is 19.9 Å². The highest BCUT2D eigenvalue weighted by Gasteiger charge is 2.40. The number of halogens is 1. The molecule has 1 aliphatic heterocycles. The summed E-state index contributed by atoms with van der Waals surface area (Å²) in [5.74, 6) is -1.21. The molecule has 0 radical (unpaired) electrons. The molecular formula is C30H34FN7O4. The van der Waals surface area contributed by atoms with E-state index in [0.717, 1.165) is 12.8 Å². The maximum Gasteiger partial charge on any atom is 0.410 e. The molecule has 2 aliphatic rings. The molecule has 1 aliphatic carbocycles. The number of carbonyl (C=O) groups excluding carboxylic acids is 3. The van der Waals surface area contributed by atoms with Gasteiger partial charge in [-0.05, 0) is 70.7 Å². The maximum absolute atomic E-state index is 14.8. The van der Waals surface area contributed by atoms with Crippen LogP contribution < -0.4 is 5.32 Å². The van der Waals surface area contributed by atoms with Gasteiger partial charge in [0.05, 0.1) is 23.4 Å². The van der Waals surface area contributed by atoms with Crippen molar-refractivity contribution in [2.75, 3.05) is 13.1 Å². The minimum absolute atomic E-state index is 0.00471. The zero-order chi connectivity index (χ0) is 29.9. The molecule has 0 spiro atoms. The Kier molecular flexibility index (Phi) is 8.41. The van der Waals surface area contributed by atoms with Crippen LogP contribution in [0.5, 0.6) is 0 Å². The third-order valence-corrected chi connectivity index (χ3v) is 7.11. The van der Waals surface area contributed by atoms with E-state index in [-0.39, 0.29) is 42.0 Å². The van der Waals surface area contributed by atoms with Gasteiger partial charge in [-0.3, -0.25) is 9.59 Å². The molecule has 11 nitrogen and oxygen atoms in total. The van der Waals surface area contributed by atoms with Crippen molar-refractivity contribution in [3.05, 3.63) is 71.6 Å². The number of benzene rings is 1. The van der Waals surface area contributed by atoms with Gasteiger partial charge in [0, 0.05) is 49.3 Å². The molecule has 12 heteroatoms. The number of piperidine rings is 1. The Balaban J connectivity index is 1.21. The predicted molar refractivity (Wildman–Crippen MR) is 151 cm³/mol. The highest BCUT2D eigenvalue weighted by atomic mass is 19.1. The van der Waals surface area contributed by atoms with E-state index in [2.05, 4.69) is 25.5 Å². The molecule has 2 fully saturated rings. The Bertz CT molecular complexity index is 1430. The number of ether oxygens (including phenoxy) is 1. The van der Waals surface area contributed by atoms with Crippen LogP contribution in [0.25, 0.3) is 11.4 Å². The standard InChI is InChI=1S/C30H34FN7O4/c1-30(2,3)42-29(41)37-13-10-23(11-14-37)38(22-7-8-22)28(40)20-16-32-26(33-17-20)19-6-9-24(25(31)15-19)27(39)34-18-21-5-4-12-35-36-21/h4-6,9,12,15-17,22-23H,7-8,10-11,13-14,18H2,1-3H3,(H,34,39). The molecule has 3 aromatic rings. The van der Waals surface area contributed by atoms with Gasteiger partial charge in [0.1, 0.15) is 11.4 Å². The summed E-state index contributed by atoms with van der Waals surface area (Å²) in [6.07, 6.45) is 7.31. The quantitative estimate of drug-likeness (QED) is 0.447. The number of carbonyl (C=O) groups is 3. The summed E-state index contributed by atoms with van der Waals surface area (Å²) in [6, 6.07) is 7.70. The van der Waals surface area contributed by atoms with Crippen molar-refractivity contribution < 1.29 is 23.5 Å². The first kappa shape index (κ1) is 29.0. The number of amides is 3. The van der Waals surface area contributed by atoms with Crippen LogP contribution in [0.4, 0.5) is 9.18 Å². The van der Waals surface area contributed by atoms with Gasteiger partial charge in [0.15, 0.2) is 5.82 Å². The predicted octanol–water partition coefficient (Wildman–Crippen LogP) is 4.01. The van der Waals surface area contributed by atoms with Crippen LogP contribution in [-0.4, -0.2) is 78.6 Å². The van der Waals surface area contributed by atoms with E-state index < -0.39 is 17.3 Å². The summed E-state index contributed by atoms with van der Waals surface area (Å²) in [6.45, 7) is 6.68. The van der Waals surface area contributed by atoms with Gasteiger partial charge in [0.2, 0.25) is 0 Å². The molecule has 220 valence electrons. The molecule has 1 saturated heterocycles. The van der Waals surface area contributed by atoms with Crippen molar-refractivity contribution in [3.63, 3.8) is 0 Å². The molecule has 1 saturated carbocycles. The molecule has 1 aromatic carbocycles. The average molecular weight is 576 g/mol. The third-order valence-electron chi connectivity index (χ3n) is 7.11. The fourth-order valence-corrected chi connectivity index (χ4v) is 4.90. The van der Waals surface area contributed by atoms with Crippen molar-refractivity contribution in [2.45, 2.75) is 70.7 Å². The van der Waals surface area contributed by atoms with Crippen LogP contribution in [0.15, 0.2) is 48.9 Å². The molecule has 5 rings (SSSR count). The van der Waals surface area contributed by atoms with E-state index >= 15 is 0 Å². The number of rotatable bonds is 7. The van der Waals surface area contributed by atoms with Gasteiger partial charge in [-0.25, -0.2) is 19.2 Å². The lowest BCUT2D eigenvalue weighted by Crippen LogP contribution is -2.50. The minimum atomic E-state index is -0.717. The lowest BCUT2D eigenvalue weighted by Gasteiger charge is -2.39. The SMILES string of the molecule is CC(C)(C)OC(=O)N1CCC(N(C(=O)c2cnc(-c3ccc(C(=O)NCc4cccnn4)c(F)c3)nc2)C2CC2)CC1. The number of nitrogens with one attached hydrogen (secondary N) is 1. The fourth-order valence-electron chi connectivity index (χ4n) is 4.90. The van der Waals surface area contributed by atoms with Crippen LogP contribution >= 0.6 is 0 Å². The summed E-state index contributed by atoms with van der Waals surface area (Å²) >= 11 is 0. The monoisotopic (exact) mass is 575 g/mol. The molecule has 0 bridgehead atoms. The molecule has 42 heavy (non-hydrogen) atoms. The van der Waals surface area contributed by atoms with Crippen molar-refractivity contribution in [1.82, 2.24) is 35.3 Å². The Morgan fingerprint density at radius 1 is 1.05 bits per heavy atom. The van der Waals surface area contributed by atoms with E-state index in [0.29, 0.717) is 42.8 Å². The summed E-state index contributed by atoms with van der Waals surface area (Å²) in [5.41, 5.74) is 0.604. The molecule has 0 unspecified atom stereocenters. The highest BCUT2D eigenvalue weighted by molar-refractivity contribution is 5.95. The second-order valence-corrected chi connectivity index (χ2v) is 11.5. The normalized spacial score (nSPS) is 15.7. The van der Waals surface area contributed by atoms with Gasteiger partial charge in [-0.15, -0.1) is 0 Å². The number of hydrogen-bond donors (Lipinski definition) is 1. The number of hydrogen-bond acceptors (Lipinski definition) is 8. The topological polar surface area (TPSA) is 131 Å². The molecule has 1 N–H and O–H groups in total. The summed E-state index contributed by atoms with van der Waals surface area (Å²) in [5, 5.41) is 10.3. The largest absolute Gasteiger partial charge is 0.444 e. The van der Waals surface area contributed by atoms with Gasteiger partial charge in [0.25, 0.3) is 11.8 Å². The second-order valence-electron chi connectivity index (χ2n) is 11.5. The number of likely N-dealkylation sites (tertiary alicyclic amines) is 1. The van der Waals surface area contributed by atoms with Crippen molar-refractivity contribution >= 4 is 17.9 Å². The molecule has 3 heterocycles. The fraction of sp³-hybridized carbons (Fsp3) is 0.433. The zero-order valence-corrected chi connectivity index (χ0v) is 23.9. The summed E-state index contributed by atoms with van der Waals surface area (Å²) in [7, 11) is 0.